The van der Waals surface area contributed by atoms with Gasteiger partial charge in [0.2, 0.25) is 11.8 Å². The number of nitrogens with two attached hydrogens (primary N) is 2. The van der Waals surface area contributed by atoms with E-state index in [1.54, 1.807) is 0 Å². The van der Waals surface area contributed by atoms with Crippen molar-refractivity contribution in [2.75, 3.05) is 10.0 Å². The van der Waals surface area contributed by atoms with Crippen LogP contribution in [-0.4, -0.2) is 26.1 Å². The number of benzene rings is 3. The highest BCUT2D eigenvalue weighted by atomic mass is 32.2. The van der Waals surface area contributed by atoms with Crippen LogP contribution in [0.15, 0.2) is 71.6 Å². The molecule has 164 valence electrons. The molecule has 0 aromatic heterocycles. The zero-order chi connectivity index (χ0) is 23.5. The highest BCUT2D eigenvalue weighted by Crippen LogP contribution is 2.21. The van der Waals surface area contributed by atoms with E-state index in [0.29, 0.717) is 0 Å². The third kappa shape index (κ3) is 5.08. The van der Waals surface area contributed by atoms with E-state index in [2.05, 4.69) is 10.0 Å². The van der Waals surface area contributed by atoms with Crippen LogP contribution in [-0.2, 0) is 10.0 Å². The first-order valence-corrected chi connectivity index (χ1v) is 10.5. The third-order valence-corrected chi connectivity index (χ3v) is 5.65. The molecule has 9 nitrogen and oxygen atoms in total. The number of rotatable bonds is 7. The molecule has 3 aromatic carbocycles. The van der Waals surface area contributed by atoms with Gasteiger partial charge in [-0.1, -0.05) is 18.2 Å². The topological polar surface area (TPSA) is 161 Å². The van der Waals surface area contributed by atoms with Crippen LogP contribution in [0.25, 0.3) is 0 Å². The molecular formula is C21H17FN4O5S. The maximum atomic E-state index is 13.8. The Hall–Kier alpha value is -4.25. The van der Waals surface area contributed by atoms with Gasteiger partial charge in [0.15, 0.2) is 0 Å². The maximum Gasteiger partial charge on any atom is 0.262 e. The van der Waals surface area contributed by atoms with E-state index in [1.165, 1.54) is 54.6 Å². The maximum absolute atomic E-state index is 13.8. The summed E-state index contributed by atoms with van der Waals surface area (Å²) in [4.78, 5) is 35.3. The number of halogens is 1. The second-order valence-electron chi connectivity index (χ2n) is 6.59. The van der Waals surface area contributed by atoms with Crippen LogP contribution >= 0.6 is 0 Å². The molecule has 0 aliphatic rings. The lowest BCUT2D eigenvalue weighted by molar-refractivity contribution is 0.0994. The van der Waals surface area contributed by atoms with Gasteiger partial charge in [-0.2, -0.15) is 0 Å². The summed E-state index contributed by atoms with van der Waals surface area (Å²) in [5.74, 6) is -3.17. The Labute approximate surface area is 182 Å². The van der Waals surface area contributed by atoms with E-state index in [9.17, 15) is 27.2 Å². The Morgan fingerprint density at radius 3 is 2.00 bits per heavy atom. The van der Waals surface area contributed by atoms with Gasteiger partial charge in [0.1, 0.15) is 5.82 Å². The molecule has 0 aliphatic heterocycles. The number of hydrogen-bond donors (Lipinski definition) is 4. The summed E-state index contributed by atoms with van der Waals surface area (Å²) in [5.41, 5.74) is 10.1. The van der Waals surface area contributed by atoms with Crippen molar-refractivity contribution in [3.63, 3.8) is 0 Å². The Bertz CT molecular complexity index is 1310. The number of carbonyl (C=O) groups is 3. The molecule has 0 spiro atoms. The Kier molecular flexibility index (Phi) is 6.21. The van der Waals surface area contributed by atoms with E-state index in [1.807, 2.05) is 0 Å². The van der Waals surface area contributed by atoms with Crippen LogP contribution in [0.3, 0.4) is 0 Å². The largest absolute Gasteiger partial charge is 0.366 e. The molecule has 0 bridgehead atoms. The first-order valence-electron chi connectivity index (χ1n) is 9.00. The van der Waals surface area contributed by atoms with Crippen molar-refractivity contribution in [3.05, 3.63) is 89.2 Å². The minimum Gasteiger partial charge on any atom is -0.366 e. The van der Waals surface area contributed by atoms with Crippen LogP contribution in [0.1, 0.15) is 31.1 Å². The molecule has 0 saturated carbocycles. The number of carbonyl (C=O) groups excluding carboxylic acids is 3. The normalized spacial score (nSPS) is 10.9. The third-order valence-electron chi connectivity index (χ3n) is 4.28. The standard InChI is InChI=1S/C21H17FN4O5S/c22-17-6-1-2-7-18(17)26-32(30,31)16-5-3-4-12(11-16)21(29)25-15-9-13(19(23)27)8-14(10-15)20(24)28/h1-11,26H,(H2,23,27)(H2,24,28)(H,25,29). The monoisotopic (exact) mass is 456 g/mol. The zero-order valence-corrected chi connectivity index (χ0v) is 17.1. The van der Waals surface area contributed by atoms with Gasteiger partial charge in [-0.05, 0) is 48.5 Å². The smallest absolute Gasteiger partial charge is 0.262 e. The molecule has 0 unspecified atom stereocenters. The Balaban J connectivity index is 1.88. The molecule has 3 amide bonds. The van der Waals surface area contributed by atoms with Crippen molar-refractivity contribution in [1.29, 1.82) is 0 Å². The minimum atomic E-state index is -4.19. The summed E-state index contributed by atoms with van der Waals surface area (Å²) < 4.78 is 41.2. The highest BCUT2D eigenvalue weighted by molar-refractivity contribution is 7.92. The average molecular weight is 456 g/mol. The summed E-state index contributed by atoms with van der Waals surface area (Å²) in [6.07, 6.45) is 0. The fourth-order valence-electron chi connectivity index (χ4n) is 2.74. The molecule has 11 heteroatoms. The number of para-hydroxylation sites is 1. The van der Waals surface area contributed by atoms with Crippen molar-refractivity contribution in [3.8, 4) is 0 Å². The summed E-state index contributed by atoms with van der Waals surface area (Å²) in [5, 5.41) is 2.46. The van der Waals surface area contributed by atoms with Crippen molar-refractivity contribution in [1.82, 2.24) is 0 Å². The molecule has 3 rings (SSSR count). The molecule has 0 fully saturated rings. The van der Waals surface area contributed by atoms with E-state index < -0.39 is 33.6 Å². The Morgan fingerprint density at radius 2 is 1.41 bits per heavy atom. The highest BCUT2D eigenvalue weighted by Gasteiger charge is 2.19. The van der Waals surface area contributed by atoms with Gasteiger partial charge in [0.25, 0.3) is 15.9 Å². The number of hydrogen-bond acceptors (Lipinski definition) is 5. The molecule has 0 atom stereocenters. The molecule has 32 heavy (non-hydrogen) atoms. The average Bonchev–Trinajstić information content (AvgIpc) is 2.75. The fraction of sp³-hybridized carbons (Fsp3) is 0. The quantitative estimate of drug-likeness (QED) is 0.427. The molecule has 0 heterocycles. The number of amides is 3. The summed E-state index contributed by atoms with van der Waals surface area (Å²) >= 11 is 0. The summed E-state index contributed by atoms with van der Waals surface area (Å²) in [6, 6.07) is 13.9. The van der Waals surface area contributed by atoms with Gasteiger partial charge >= 0.3 is 0 Å². The predicted octanol–water partition coefficient (Wildman–Crippen LogP) is 2.08. The second-order valence-corrected chi connectivity index (χ2v) is 8.28. The van der Waals surface area contributed by atoms with Crippen LogP contribution in [0, 0.1) is 5.82 Å². The predicted molar refractivity (Wildman–Crippen MR) is 115 cm³/mol. The Morgan fingerprint density at radius 1 is 0.781 bits per heavy atom. The van der Waals surface area contributed by atoms with E-state index >= 15 is 0 Å². The minimum absolute atomic E-state index is 0.0495. The van der Waals surface area contributed by atoms with Gasteiger partial charge in [-0.3, -0.25) is 19.1 Å². The van der Waals surface area contributed by atoms with Crippen LogP contribution < -0.4 is 21.5 Å². The molecule has 6 N–H and O–H groups in total. The lowest BCUT2D eigenvalue weighted by Gasteiger charge is -2.11. The van der Waals surface area contributed by atoms with E-state index in [0.717, 1.165) is 12.1 Å². The second kappa shape index (κ2) is 8.86. The molecule has 0 aliphatic carbocycles. The molecular weight excluding hydrogens is 439 g/mol. The number of nitrogens with one attached hydrogen (secondary N) is 2. The lowest BCUT2D eigenvalue weighted by atomic mass is 10.1. The van der Waals surface area contributed by atoms with Crippen molar-refractivity contribution >= 4 is 39.1 Å². The van der Waals surface area contributed by atoms with Gasteiger partial charge in [-0.15, -0.1) is 0 Å². The zero-order valence-electron chi connectivity index (χ0n) is 16.3. The SMILES string of the molecule is NC(=O)c1cc(NC(=O)c2cccc(S(=O)(=O)Nc3ccccc3F)c2)cc(C(N)=O)c1. The fourth-order valence-corrected chi connectivity index (χ4v) is 3.85. The van der Waals surface area contributed by atoms with Crippen molar-refractivity contribution in [2.24, 2.45) is 11.5 Å². The lowest BCUT2D eigenvalue weighted by Crippen LogP contribution is -2.19. The summed E-state index contributed by atoms with van der Waals surface area (Å²) in [6.45, 7) is 0. The van der Waals surface area contributed by atoms with E-state index in [-0.39, 0.29) is 33.0 Å². The number of anilines is 2. The van der Waals surface area contributed by atoms with Crippen LogP contribution in [0.4, 0.5) is 15.8 Å². The molecule has 0 radical (unpaired) electrons. The van der Waals surface area contributed by atoms with Crippen LogP contribution in [0.5, 0.6) is 0 Å². The van der Waals surface area contributed by atoms with Gasteiger partial charge in [0, 0.05) is 22.4 Å². The van der Waals surface area contributed by atoms with Gasteiger partial charge in [0.05, 0.1) is 10.6 Å². The van der Waals surface area contributed by atoms with Crippen LogP contribution in [0.2, 0.25) is 0 Å². The first kappa shape index (κ1) is 22.4. The van der Waals surface area contributed by atoms with Crippen molar-refractivity contribution in [2.45, 2.75) is 4.90 Å². The number of primary amides is 2. The number of sulfonamides is 1. The van der Waals surface area contributed by atoms with Gasteiger partial charge < -0.3 is 16.8 Å². The molecule has 0 saturated heterocycles. The van der Waals surface area contributed by atoms with E-state index in [4.69, 9.17) is 11.5 Å². The van der Waals surface area contributed by atoms with Gasteiger partial charge in [-0.25, -0.2) is 12.8 Å². The summed E-state index contributed by atoms with van der Waals surface area (Å²) in [7, 11) is -4.19. The molecule has 3 aromatic rings. The van der Waals surface area contributed by atoms with Crippen molar-refractivity contribution < 1.29 is 27.2 Å². The first-order chi connectivity index (χ1) is 15.1.